The van der Waals surface area contributed by atoms with E-state index in [4.69, 9.17) is 5.73 Å². The van der Waals surface area contributed by atoms with Crippen LogP contribution in [0.1, 0.15) is 36.2 Å². The van der Waals surface area contributed by atoms with Gasteiger partial charge < -0.3 is 16.2 Å². The first-order valence-corrected chi connectivity index (χ1v) is 6.19. The zero-order chi connectivity index (χ0) is 14.6. The maximum atomic E-state index is 11.7. The fourth-order valence-corrected chi connectivity index (χ4v) is 1.60. The van der Waals surface area contributed by atoms with Gasteiger partial charge in [0.1, 0.15) is 0 Å². The molecule has 104 valence electrons. The number of anilines is 1. The molecule has 0 spiro atoms. The Morgan fingerprint density at radius 2 is 2.00 bits per heavy atom. The van der Waals surface area contributed by atoms with Crippen LogP contribution in [0.25, 0.3) is 0 Å². The topological polar surface area (TPSA) is 92.4 Å². The van der Waals surface area contributed by atoms with Gasteiger partial charge in [-0.05, 0) is 30.5 Å². The number of hydrogen-bond donors (Lipinski definition) is 3. The molecule has 1 atom stereocenters. The molecule has 1 aromatic rings. The van der Waals surface area contributed by atoms with Crippen molar-refractivity contribution < 1.29 is 14.7 Å². The molecular formula is C14H20N2O3. The zero-order valence-corrected chi connectivity index (χ0v) is 11.4. The molecule has 1 aromatic carbocycles. The minimum atomic E-state index is -0.680. The number of hydrogen-bond acceptors (Lipinski definition) is 3. The second-order valence-electron chi connectivity index (χ2n) is 4.96. The fraction of sp³-hybridized carbons (Fsp3) is 0.429. The monoisotopic (exact) mass is 264 g/mol. The number of aliphatic hydroxyl groups is 1. The second-order valence-corrected chi connectivity index (χ2v) is 4.96. The van der Waals surface area contributed by atoms with Crippen molar-refractivity contribution in [2.75, 3.05) is 5.32 Å². The van der Waals surface area contributed by atoms with Gasteiger partial charge in [0.25, 0.3) is 0 Å². The highest BCUT2D eigenvalue weighted by molar-refractivity contribution is 5.97. The molecule has 0 aliphatic carbocycles. The van der Waals surface area contributed by atoms with E-state index in [1.54, 1.807) is 19.1 Å². The van der Waals surface area contributed by atoms with Crippen molar-refractivity contribution in [1.82, 2.24) is 0 Å². The van der Waals surface area contributed by atoms with Crippen LogP contribution >= 0.6 is 0 Å². The molecule has 1 rings (SSSR count). The van der Waals surface area contributed by atoms with E-state index in [9.17, 15) is 14.7 Å². The summed E-state index contributed by atoms with van der Waals surface area (Å²) in [6, 6.07) is 4.95. The Kier molecular flexibility index (Phi) is 5.06. The first-order chi connectivity index (χ1) is 8.81. The molecule has 0 aromatic heterocycles. The van der Waals surface area contributed by atoms with Crippen molar-refractivity contribution in [3.8, 4) is 0 Å². The molecule has 0 aliphatic heterocycles. The summed E-state index contributed by atoms with van der Waals surface area (Å²) in [7, 11) is 0. The highest BCUT2D eigenvalue weighted by Gasteiger charge is 2.15. The quantitative estimate of drug-likeness (QED) is 0.751. The van der Waals surface area contributed by atoms with Crippen LogP contribution in [0.2, 0.25) is 0 Å². The van der Waals surface area contributed by atoms with Crippen LogP contribution in [0.5, 0.6) is 0 Å². The maximum Gasteiger partial charge on any atom is 0.249 e. The van der Waals surface area contributed by atoms with Crippen LogP contribution in [-0.2, 0) is 4.79 Å². The molecule has 0 heterocycles. The Morgan fingerprint density at radius 1 is 1.37 bits per heavy atom. The smallest absolute Gasteiger partial charge is 0.249 e. The summed E-state index contributed by atoms with van der Waals surface area (Å²) in [6.07, 6.45) is -0.654. The van der Waals surface area contributed by atoms with Crippen LogP contribution in [-0.4, -0.2) is 23.0 Å². The molecule has 0 aliphatic rings. The largest absolute Gasteiger partial charge is 0.392 e. The average molecular weight is 264 g/mol. The van der Waals surface area contributed by atoms with E-state index in [2.05, 4.69) is 5.32 Å². The van der Waals surface area contributed by atoms with Gasteiger partial charge in [0.15, 0.2) is 0 Å². The van der Waals surface area contributed by atoms with Gasteiger partial charge in [-0.1, -0.05) is 19.9 Å². The summed E-state index contributed by atoms with van der Waals surface area (Å²) in [5, 5.41) is 12.3. The van der Waals surface area contributed by atoms with Gasteiger partial charge in [-0.3, -0.25) is 9.59 Å². The van der Waals surface area contributed by atoms with Crippen molar-refractivity contribution >= 4 is 17.5 Å². The Hall–Kier alpha value is -1.88. The number of carbonyl (C=O) groups is 2. The molecule has 0 radical (unpaired) electrons. The number of benzene rings is 1. The summed E-state index contributed by atoms with van der Waals surface area (Å²) in [5.74, 6) is -0.804. The predicted octanol–water partition coefficient (Wildman–Crippen LogP) is 1.44. The van der Waals surface area contributed by atoms with Gasteiger partial charge in [0, 0.05) is 11.3 Å². The van der Waals surface area contributed by atoms with Crippen LogP contribution in [0.15, 0.2) is 18.2 Å². The van der Waals surface area contributed by atoms with E-state index in [1.165, 1.54) is 6.07 Å². The Morgan fingerprint density at radius 3 is 2.53 bits per heavy atom. The van der Waals surface area contributed by atoms with Gasteiger partial charge in [-0.2, -0.15) is 0 Å². The Labute approximate surface area is 112 Å². The van der Waals surface area contributed by atoms with E-state index in [0.717, 1.165) is 5.56 Å². The number of aliphatic hydroxyl groups excluding tert-OH is 1. The summed E-state index contributed by atoms with van der Waals surface area (Å²) in [4.78, 5) is 22.9. The zero-order valence-electron chi connectivity index (χ0n) is 11.4. The third-order valence-corrected chi connectivity index (χ3v) is 2.95. The van der Waals surface area contributed by atoms with Crippen molar-refractivity contribution in [2.45, 2.75) is 33.3 Å². The molecule has 2 amide bonds. The third kappa shape index (κ3) is 4.37. The lowest BCUT2D eigenvalue weighted by Gasteiger charge is -2.14. The summed E-state index contributed by atoms with van der Waals surface area (Å²) in [5.41, 5.74) is 6.88. The van der Waals surface area contributed by atoms with Crippen molar-refractivity contribution in [1.29, 1.82) is 0 Å². The first-order valence-electron chi connectivity index (χ1n) is 6.19. The molecule has 5 heteroatoms. The minimum absolute atomic E-state index is 0.0185. The first kappa shape index (κ1) is 15.2. The molecule has 19 heavy (non-hydrogen) atoms. The number of amides is 2. The Balaban J connectivity index is 2.75. The van der Waals surface area contributed by atoms with Crippen LogP contribution in [0, 0.1) is 12.8 Å². The van der Waals surface area contributed by atoms with Gasteiger partial charge >= 0.3 is 0 Å². The van der Waals surface area contributed by atoms with Crippen molar-refractivity contribution in [2.24, 2.45) is 11.7 Å². The maximum absolute atomic E-state index is 11.7. The normalized spacial score (nSPS) is 12.3. The van der Waals surface area contributed by atoms with E-state index in [1.807, 2.05) is 13.8 Å². The second kappa shape index (κ2) is 6.33. The number of carbonyl (C=O) groups excluding carboxylic acids is 2. The molecule has 1 unspecified atom stereocenters. The Bertz CT molecular complexity index is 484. The third-order valence-electron chi connectivity index (χ3n) is 2.95. The number of aryl methyl sites for hydroxylation is 1. The molecule has 0 saturated carbocycles. The molecular weight excluding hydrogens is 244 g/mol. The molecule has 4 N–H and O–H groups in total. The van der Waals surface area contributed by atoms with Gasteiger partial charge in [-0.25, -0.2) is 0 Å². The number of primary amides is 1. The van der Waals surface area contributed by atoms with Crippen LogP contribution in [0.3, 0.4) is 0 Å². The van der Waals surface area contributed by atoms with E-state index < -0.39 is 12.0 Å². The molecule has 5 nitrogen and oxygen atoms in total. The molecule has 0 saturated heterocycles. The van der Waals surface area contributed by atoms with E-state index in [0.29, 0.717) is 11.3 Å². The van der Waals surface area contributed by atoms with Crippen molar-refractivity contribution in [3.63, 3.8) is 0 Å². The lowest BCUT2D eigenvalue weighted by Crippen LogP contribution is -2.24. The number of rotatable bonds is 5. The summed E-state index contributed by atoms with van der Waals surface area (Å²) < 4.78 is 0. The molecule has 0 fully saturated rings. The lowest BCUT2D eigenvalue weighted by molar-refractivity contribution is -0.118. The van der Waals surface area contributed by atoms with Gasteiger partial charge in [0.05, 0.1) is 12.5 Å². The van der Waals surface area contributed by atoms with E-state index in [-0.39, 0.29) is 18.2 Å². The predicted molar refractivity (Wildman–Crippen MR) is 73.8 cm³/mol. The van der Waals surface area contributed by atoms with E-state index >= 15 is 0 Å². The fourth-order valence-electron chi connectivity index (χ4n) is 1.60. The summed E-state index contributed by atoms with van der Waals surface area (Å²) >= 11 is 0. The highest BCUT2D eigenvalue weighted by Crippen LogP contribution is 2.16. The minimum Gasteiger partial charge on any atom is -0.392 e. The van der Waals surface area contributed by atoms with Gasteiger partial charge in [0.2, 0.25) is 11.8 Å². The van der Waals surface area contributed by atoms with Crippen LogP contribution < -0.4 is 11.1 Å². The van der Waals surface area contributed by atoms with Gasteiger partial charge in [-0.15, -0.1) is 0 Å². The summed E-state index contributed by atoms with van der Waals surface area (Å²) in [6.45, 7) is 5.46. The lowest BCUT2D eigenvalue weighted by atomic mass is 10.0. The van der Waals surface area contributed by atoms with Crippen LogP contribution in [0.4, 0.5) is 5.69 Å². The number of nitrogens with two attached hydrogens (primary N) is 1. The highest BCUT2D eigenvalue weighted by atomic mass is 16.3. The van der Waals surface area contributed by atoms with Crippen molar-refractivity contribution in [3.05, 3.63) is 29.3 Å². The average Bonchev–Trinajstić information content (AvgIpc) is 2.30. The molecule has 0 bridgehead atoms. The standard InChI is InChI=1S/C14H20N2O3/c1-8(2)12(17)7-13(18)16-10-5-4-9(3)11(6-10)14(15)19/h4-6,8,12,17H,7H2,1-3H3,(H2,15,19)(H,16,18). The number of nitrogens with one attached hydrogen (secondary N) is 1. The SMILES string of the molecule is Cc1ccc(NC(=O)CC(O)C(C)C)cc1C(N)=O.